The van der Waals surface area contributed by atoms with Crippen molar-refractivity contribution >= 4 is 11.9 Å². The second kappa shape index (κ2) is 10.8. The van der Waals surface area contributed by atoms with E-state index in [0.29, 0.717) is 30.3 Å². The Morgan fingerprint density at radius 2 is 1.81 bits per heavy atom. The molecule has 168 valence electrons. The van der Waals surface area contributed by atoms with Crippen LogP contribution in [0.25, 0.3) is 5.69 Å². The number of hydrogen-bond donors (Lipinski definition) is 1. The molecule has 0 saturated heterocycles. The number of carbonyl (C=O) groups excluding carboxylic acids is 2. The summed E-state index contributed by atoms with van der Waals surface area (Å²) in [7, 11) is 0. The third-order valence-electron chi connectivity index (χ3n) is 5.32. The van der Waals surface area contributed by atoms with Crippen molar-refractivity contribution in [2.24, 2.45) is 5.92 Å². The molecule has 0 atom stereocenters. The summed E-state index contributed by atoms with van der Waals surface area (Å²) in [5.41, 5.74) is 4.85. The van der Waals surface area contributed by atoms with Crippen LogP contribution >= 0.6 is 0 Å². The number of hydrogen-bond acceptors (Lipinski definition) is 4. The van der Waals surface area contributed by atoms with Gasteiger partial charge >= 0.3 is 5.97 Å². The number of rotatable bonds is 9. The lowest BCUT2D eigenvalue weighted by molar-refractivity contribution is 0.0518. The topological polar surface area (TPSA) is 73.2 Å². The summed E-state index contributed by atoms with van der Waals surface area (Å²) in [5.74, 6) is -0.0273. The molecule has 0 bridgehead atoms. The van der Waals surface area contributed by atoms with Crippen molar-refractivity contribution in [1.29, 1.82) is 0 Å². The molecule has 0 aliphatic rings. The Bertz CT molecular complexity index is 1070. The van der Waals surface area contributed by atoms with Crippen molar-refractivity contribution in [3.8, 4) is 5.69 Å². The second-order valence-corrected chi connectivity index (χ2v) is 8.24. The summed E-state index contributed by atoms with van der Waals surface area (Å²) in [6, 6.07) is 17.0. The maximum atomic E-state index is 12.6. The molecule has 6 nitrogen and oxygen atoms in total. The van der Waals surface area contributed by atoms with Crippen molar-refractivity contribution in [2.75, 3.05) is 6.61 Å². The molecule has 0 fully saturated rings. The number of esters is 1. The second-order valence-electron chi connectivity index (χ2n) is 8.24. The van der Waals surface area contributed by atoms with Crippen LogP contribution in [0.3, 0.4) is 0 Å². The molecule has 3 rings (SSSR count). The lowest BCUT2D eigenvalue weighted by atomic mass is 10.1. The number of carbonyl (C=O) groups is 2. The molecule has 1 amide bonds. The maximum absolute atomic E-state index is 12.6. The van der Waals surface area contributed by atoms with Crippen LogP contribution in [0.4, 0.5) is 0 Å². The summed E-state index contributed by atoms with van der Waals surface area (Å²) >= 11 is 0. The van der Waals surface area contributed by atoms with E-state index >= 15 is 0 Å². The van der Waals surface area contributed by atoms with Crippen LogP contribution in [-0.2, 0) is 17.7 Å². The van der Waals surface area contributed by atoms with Gasteiger partial charge in [-0.3, -0.25) is 4.79 Å². The average molecular weight is 434 g/mol. The van der Waals surface area contributed by atoms with Crippen LogP contribution in [0.2, 0.25) is 0 Å². The molecule has 1 heterocycles. The molecular weight excluding hydrogens is 402 g/mol. The van der Waals surface area contributed by atoms with Crippen molar-refractivity contribution < 1.29 is 14.3 Å². The molecule has 32 heavy (non-hydrogen) atoms. The van der Waals surface area contributed by atoms with Gasteiger partial charge in [0.15, 0.2) is 5.69 Å². The molecule has 0 spiro atoms. The molecule has 1 N–H and O–H groups in total. The number of ether oxygens (including phenoxy) is 1. The molecule has 6 heteroatoms. The summed E-state index contributed by atoms with van der Waals surface area (Å²) in [4.78, 5) is 24.8. The van der Waals surface area contributed by atoms with E-state index < -0.39 is 5.97 Å². The van der Waals surface area contributed by atoms with Gasteiger partial charge in [-0.05, 0) is 74.1 Å². The van der Waals surface area contributed by atoms with Crippen molar-refractivity contribution in [3.63, 3.8) is 0 Å². The quantitative estimate of drug-likeness (QED) is 0.488. The minimum absolute atomic E-state index is 0.132. The van der Waals surface area contributed by atoms with Gasteiger partial charge in [0.05, 0.1) is 12.3 Å². The maximum Gasteiger partial charge on any atom is 0.358 e. The fraction of sp³-hybridized carbons (Fsp3) is 0.346. The van der Waals surface area contributed by atoms with Gasteiger partial charge in [-0.2, -0.15) is 5.10 Å². The zero-order valence-corrected chi connectivity index (χ0v) is 19.2. The number of nitrogens with zero attached hydrogens (tertiary/aromatic N) is 2. The normalized spacial score (nSPS) is 10.9. The first kappa shape index (κ1) is 23.3. The van der Waals surface area contributed by atoms with Gasteiger partial charge in [-0.1, -0.05) is 38.1 Å². The fourth-order valence-corrected chi connectivity index (χ4v) is 3.40. The third-order valence-corrected chi connectivity index (χ3v) is 5.32. The summed E-state index contributed by atoms with van der Waals surface area (Å²) in [6.07, 6.45) is 1.77. The predicted octanol–water partition coefficient (Wildman–Crippen LogP) is 4.88. The minimum atomic E-state index is -0.427. The lowest BCUT2D eigenvalue weighted by Crippen LogP contribution is -2.23. The van der Waals surface area contributed by atoms with Crippen LogP contribution < -0.4 is 5.32 Å². The minimum Gasteiger partial charge on any atom is -0.461 e. The Morgan fingerprint density at radius 3 is 2.47 bits per heavy atom. The van der Waals surface area contributed by atoms with Crippen molar-refractivity contribution in [2.45, 2.75) is 47.1 Å². The SMILES string of the molecule is CCOC(=O)c1cc(CCC(C)C)n(-c2ccc(C(=O)NCc3ccccc3C)cc2)n1. The van der Waals surface area contributed by atoms with E-state index in [1.807, 2.05) is 43.3 Å². The molecule has 2 aromatic carbocycles. The zero-order chi connectivity index (χ0) is 23.1. The van der Waals surface area contributed by atoms with E-state index in [9.17, 15) is 9.59 Å². The van der Waals surface area contributed by atoms with E-state index in [-0.39, 0.29) is 5.91 Å². The van der Waals surface area contributed by atoms with Gasteiger partial charge in [-0.25, -0.2) is 9.48 Å². The standard InChI is InChI=1S/C26H31N3O3/c1-5-32-26(31)24-16-23(13-10-18(2)3)29(28-24)22-14-11-20(12-15-22)25(30)27-17-21-9-7-6-8-19(21)4/h6-9,11-12,14-16,18H,5,10,13,17H2,1-4H3,(H,27,30). The molecular formula is C26H31N3O3. The van der Waals surface area contributed by atoms with Gasteiger partial charge in [0.25, 0.3) is 5.91 Å². The monoisotopic (exact) mass is 433 g/mol. The molecule has 0 radical (unpaired) electrons. The van der Waals surface area contributed by atoms with Gasteiger partial charge in [0.2, 0.25) is 0 Å². The van der Waals surface area contributed by atoms with E-state index in [0.717, 1.165) is 35.3 Å². The highest BCUT2D eigenvalue weighted by Gasteiger charge is 2.17. The lowest BCUT2D eigenvalue weighted by Gasteiger charge is -2.10. The van der Waals surface area contributed by atoms with Crippen LogP contribution in [-0.4, -0.2) is 28.3 Å². The largest absolute Gasteiger partial charge is 0.461 e. The summed E-state index contributed by atoms with van der Waals surface area (Å²) < 4.78 is 6.88. The van der Waals surface area contributed by atoms with Gasteiger partial charge in [0.1, 0.15) is 0 Å². The Kier molecular flexibility index (Phi) is 7.82. The van der Waals surface area contributed by atoms with Crippen LogP contribution in [0, 0.1) is 12.8 Å². The fourth-order valence-electron chi connectivity index (χ4n) is 3.40. The highest BCUT2D eigenvalue weighted by molar-refractivity contribution is 5.94. The van der Waals surface area contributed by atoms with Crippen LogP contribution in [0.5, 0.6) is 0 Å². The smallest absolute Gasteiger partial charge is 0.358 e. The highest BCUT2D eigenvalue weighted by Crippen LogP contribution is 2.18. The number of aryl methyl sites for hydroxylation is 2. The van der Waals surface area contributed by atoms with Crippen LogP contribution in [0.15, 0.2) is 54.6 Å². The van der Waals surface area contributed by atoms with Gasteiger partial charge in [0, 0.05) is 17.8 Å². The Hall–Kier alpha value is -3.41. The molecule has 0 unspecified atom stereocenters. The summed E-state index contributed by atoms with van der Waals surface area (Å²) in [5, 5.41) is 7.45. The zero-order valence-electron chi connectivity index (χ0n) is 19.2. The summed E-state index contributed by atoms with van der Waals surface area (Å²) in [6.45, 7) is 8.92. The molecule has 0 saturated carbocycles. The van der Waals surface area contributed by atoms with E-state index in [2.05, 4.69) is 24.3 Å². The van der Waals surface area contributed by atoms with Crippen molar-refractivity contribution in [3.05, 3.63) is 82.7 Å². The Balaban J connectivity index is 1.77. The van der Waals surface area contributed by atoms with E-state index in [1.165, 1.54) is 0 Å². The van der Waals surface area contributed by atoms with E-state index in [1.54, 1.807) is 29.8 Å². The first-order valence-corrected chi connectivity index (χ1v) is 11.1. The average Bonchev–Trinajstić information content (AvgIpc) is 3.22. The number of amides is 1. The Morgan fingerprint density at radius 1 is 1.09 bits per heavy atom. The Labute approximate surface area is 189 Å². The van der Waals surface area contributed by atoms with Gasteiger partial charge in [-0.15, -0.1) is 0 Å². The number of nitrogens with one attached hydrogen (secondary N) is 1. The molecule has 1 aromatic heterocycles. The molecule has 0 aliphatic heterocycles. The van der Waals surface area contributed by atoms with Crippen molar-refractivity contribution in [1.82, 2.24) is 15.1 Å². The van der Waals surface area contributed by atoms with Gasteiger partial charge < -0.3 is 10.1 Å². The first-order valence-electron chi connectivity index (χ1n) is 11.1. The molecule has 0 aliphatic carbocycles. The highest BCUT2D eigenvalue weighted by atomic mass is 16.5. The number of aromatic nitrogens is 2. The molecule has 3 aromatic rings. The van der Waals surface area contributed by atoms with E-state index in [4.69, 9.17) is 4.74 Å². The predicted molar refractivity (Wildman–Crippen MR) is 125 cm³/mol. The number of benzene rings is 2. The third kappa shape index (κ3) is 5.84. The first-order chi connectivity index (χ1) is 15.4. The van der Waals surface area contributed by atoms with Crippen LogP contribution in [0.1, 0.15) is 64.9 Å².